The molecule has 0 heterocycles. The van der Waals surface area contributed by atoms with E-state index in [9.17, 15) is 18.0 Å². The average Bonchev–Trinajstić information content (AvgIpc) is 2.16. The summed E-state index contributed by atoms with van der Waals surface area (Å²) in [5.41, 5.74) is -0.953. The van der Waals surface area contributed by atoms with Crippen molar-refractivity contribution < 1.29 is 18.0 Å². The van der Waals surface area contributed by atoms with Gasteiger partial charge in [0.1, 0.15) is 0 Å². The zero-order valence-electron chi connectivity index (χ0n) is 7.94. The third-order valence-electron chi connectivity index (χ3n) is 1.92. The molecule has 0 aliphatic heterocycles. The maximum absolute atomic E-state index is 12.5. The number of halogens is 5. The van der Waals surface area contributed by atoms with E-state index in [-0.39, 0.29) is 17.8 Å². The summed E-state index contributed by atoms with van der Waals surface area (Å²) in [7, 11) is 0. The Morgan fingerprint density at radius 2 is 2.00 bits per heavy atom. The number of hydrogen-bond donors (Lipinski definition) is 0. The van der Waals surface area contributed by atoms with E-state index in [1.165, 1.54) is 6.07 Å². The molecule has 16 heavy (non-hydrogen) atoms. The van der Waals surface area contributed by atoms with Gasteiger partial charge in [-0.15, -0.1) is 0 Å². The van der Waals surface area contributed by atoms with Crippen LogP contribution < -0.4 is 0 Å². The molecule has 0 saturated heterocycles. The van der Waals surface area contributed by atoms with E-state index in [4.69, 9.17) is 11.6 Å². The maximum Gasteiger partial charge on any atom is 0.417 e. The molecule has 0 aliphatic carbocycles. The van der Waals surface area contributed by atoms with Gasteiger partial charge in [-0.1, -0.05) is 27.5 Å². The molecule has 0 atom stereocenters. The van der Waals surface area contributed by atoms with Crippen molar-refractivity contribution in [3.8, 4) is 0 Å². The molecule has 1 aromatic rings. The van der Waals surface area contributed by atoms with E-state index in [2.05, 4.69) is 15.9 Å². The van der Waals surface area contributed by atoms with Crippen molar-refractivity contribution in [1.29, 1.82) is 0 Å². The number of rotatable bonds is 3. The van der Waals surface area contributed by atoms with Gasteiger partial charge in [0.05, 0.1) is 10.6 Å². The summed E-state index contributed by atoms with van der Waals surface area (Å²) in [5.74, 6) is -0.348. The largest absolute Gasteiger partial charge is 0.417 e. The number of Topliss-reactive ketones (excluding diaryl/α,β-unsaturated/α-hetero) is 1. The van der Waals surface area contributed by atoms with E-state index < -0.39 is 16.8 Å². The quantitative estimate of drug-likeness (QED) is 0.599. The van der Waals surface area contributed by atoms with Crippen LogP contribution >= 0.6 is 27.5 Å². The van der Waals surface area contributed by atoms with E-state index in [1.54, 1.807) is 0 Å². The van der Waals surface area contributed by atoms with E-state index in [0.717, 1.165) is 12.1 Å². The predicted molar refractivity (Wildman–Crippen MR) is 59.2 cm³/mol. The minimum atomic E-state index is -4.54. The van der Waals surface area contributed by atoms with Gasteiger partial charge in [-0.3, -0.25) is 4.79 Å². The van der Waals surface area contributed by atoms with Crippen molar-refractivity contribution in [1.82, 2.24) is 0 Å². The maximum atomic E-state index is 12.5. The van der Waals surface area contributed by atoms with Crippen LogP contribution in [-0.2, 0) is 6.18 Å². The normalized spacial score (nSPS) is 11.6. The standard InChI is InChI=1S/C10H7BrClF3O/c11-4-3-9(16)6-1-2-8(12)7(5-6)10(13,14)15/h1-2,5H,3-4H2. The van der Waals surface area contributed by atoms with Crippen LogP contribution in [0.4, 0.5) is 13.2 Å². The second kappa shape index (κ2) is 5.19. The smallest absolute Gasteiger partial charge is 0.294 e. The highest BCUT2D eigenvalue weighted by Gasteiger charge is 2.33. The molecule has 0 fully saturated rings. The number of alkyl halides is 4. The molecule has 88 valence electrons. The van der Waals surface area contributed by atoms with Crippen molar-refractivity contribution >= 4 is 33.3 Å². The second-order valence-electron chi connectivity index (χ2n) is 3.05. The first-order chi connectivity index (χ1) is 7.36. The molecule has 1 rings (SSSR count). The van der Waals surface area contributed by atoms with Crippen molar-refractivity contribution in [2.45, 2.75) is 12.6 Å². The first-order valence-corrected chi connectivity index (χ1v) is 5.82. The topological polar surface area (TPSA) is 17.1 Å². The molecule has 0 radical (unpaired) electrons. The zero-order chi connectivity index (χ0) is 12.3. The third-order valence-corrected chi connectivity index (χ3v) is 2.64. The van der Waals surface area contributed by atoms with Crippen molar-refractivity contribution in [2.24, 2.45) is 0 Å². The molecule has 1 aromatic carbocycles. The summed E-state index contributed by atoms with van der Waals surface area (Å²) < 4.78 is 37.4. The van der Waals surface area contributed by atoms with Crippen LogP contribution in [0.5, 0.6) is 0 Å². The van der Waals surface area contributed by atoms with E-state index in [1.807, 2.05) is 0 Å². The minimum absolute atomic E-state index is 0.0242. The highest BCUT2D eigenvalue weighted by molar-refractivity contribution is 9.09. The first-order valence-electron chi connectivity index (χ1n) is 4.32. The molecule has 0 unspecified atom stereocenters. The molecule has 0 aromatic heterocycles. The molecular weight excluding hydrogens is 308 g/mol. The van der Waals surface area contributed by atoms with Gasteiger partial charge in [0.15, 0.2) is 5.78 Å². The Kier molecular flexibility index (Phi) is 4.38. The summed E-state index contributed by atoms with van der Waals surface area (Å²) in [6.45, 7) is 0. The fourth-order valence-electron chi connectivity index (χ4n) is 1.15. The molecule has 0 saturated carbocycles. The Bertz CT molecular complexity index is 404. The van der Waals surface area contributed by atoms with Crippen molar-refractivity contribution in [3.63, 3.8) is 0 Å². The Hall–Kier alpha value is -0.550. The summed E-state index contributed by atoms with van der Waals surface area (Å²) in [5, 5.41) is 0.0124. The molecule has 0 aliphatic rings. The molecular formula is C10H7BrClF3O. The van der Waals surface area contributed by atoms with Gasteiger partial charge in [0, 0.05) is 17.3 Å². The van der Waals surface area contributed by atoms with Crippen LogP contribution in [0.25, 0.3) is 0 Å². The Labute approximate surface area is 104 Å². The lowest BCUT2D eigenvalue weighted by Crippen LogP contribution is -2.08. The minimum Gasteiger partial charge on any atom is -0.294 e. The molecule has 0 amide bonds. The van der Waals surface area contributed by atoms with E-state index >= 15 is 0 Å². The van der Waals surface area contributed by atoms with Crippen LogP contribution in [0.15, 0.2) is 18.2 Å². The van der Waals surface area contributed by atoms with Gasteiger partial charge in [-0.05, 0) is 18.2 Å². The number of carbonyl (C=O) groups excluding carboxylic acids is 1. The van der Waals surface area contributed by atoms with Gasteiger partial charge < -0.3 is 0 Å². The lowest BCUT2D eigenvalue weighted by Gasteiger charge is -2.10. The first kappa shape index (κ1) is 13.5. The van der Waals surface area contributed by atoms with Crippen molar-refractivity contribution in [3.05, 3.63) is 34.3 Å². The van der Waals surface area contributed by atoms with Gasteiger partial charge in [-0.25, -0.2) is 0 Å². The highest BCUT2D eigenvalue weighted by Crippen LogP contribution is 2.35. The molecule has 6 heteroatoms. The average molecular weight is 316 g/mol. The SMILES string of the molecule is O=C(CCBr)c1ccc(Cl)c(C(F)(F)F)c1. The van der Waals surface area contributed by atoms with Gasteiger partial charge in [-0.2, -0.15) is 13.2 Å². The van der Waals surface area contributed by atoms with Gasteiger partial charge in [0.2, 0.25) is 0 Å². The fraction of sp³-hybridized carbons (Fsp3) is 0.300. The predicted octanol–water partition coefficient (Wildman–Crippen LogP) is 4.33. The summed E-state index contributed by atoms with van der Waals surface area (Å²) in [4.78, 5) is 11.4. The summed E-state index contributed by atoms with van der Waals surface area (Å²) >= 11 is 8.47. The number of benzene rings is 1. The second-order valence-corrected chi connectivity index (χ2v) is 4.25. The summed E-state index contributed by atoms with van der Waals surface area (Å²) in [6.07, 6.45) is -4.39. The molecule has 0 spiro atoms. The van der Waals surface area contributed by atoms with Crippen molar-refractivity contribution in [2.75, 3.05) is 5.33 Å². The van der Waals surface area contributed by atoms with Crippen LogP contribution in [0.1, 0.15) is 22.3 Å². The Balaban J connectivity index is 3.13. The van der Waals surface area contributed by atoms with Crippen LogP contribution in [-0.4, -0.2) is 11.1 Å². The number of carbonyl (C=O) groups is 1. The van der Waals surface area contributed by atoms with Crippen LogP contribution in [0, 0.1) is 0 Å². The summed E-state index contributed by atoms with van der Waals surface area (Å²) in [6, 6.07) is 3.17. The lowest BCUT2D eigenvalue weighted by atomic mass is 10.1. The molecule has 0 N–H and O–H groups in total. The highest BCUT2D eigenvalue weighted by atomic mass is 79.9. The van der Waals surface area contributed by atoms with Gasteiger partial charge in [0.25, 0.3) is 0 Å². The fourth-order valence-corrected chi connectivity index (χ4v) is 1.73. The molecule has 1 nitrogen and oxygen atoms in total. The third kappa shape index (κ3) is 3.22. The lowest BCUT2D eigenvalue weighted by molar-refractivity contribution is -0.137. The van der Waals surface area contributed by atoms with Crippen LogP contribution in [0.2, 0.25) is 5.02 Å². The van der Waals surface area contributed by atoms with Gasteiger partial charge >= 0.3 is 6.18 Å². The van der Waals surface area contributed by atoms with Crippen LogP contribution in [0.3, 0.4) is 0 Å². The number of ketones is 1. The zero-order valence-corrected chi connectivity index (χ0v) is 10.3. The Morgan fingerprint density at radius 3 is 2.50 bits per heavy atom. The van der Waals surface area contributed by atoms with E-state index in [0.29, 0.717) is 5.33 Å². The Morgan fingerprint density at radius 1 is 1.38 bits per heavy atom. The molecule has 0 bridgehead atoms. The number of hydrogen-bond acceptors (Lipinski definition) is 1. The monoisotopic (exact) mass is 314 g/mol.